The molecular weight excluding hydrogens is 364 g/mol. The number of aromatic nitrogens is 1. The lowest BCUT2D eigenvalue weighted by Crippen LogP contribution is -2.29. The van der Waals surface area contributed by atoms with Gasteiger partial charge in [0.15, 0.2) is 0 Å². The third-order valence-electron chi connectivity index (χ3n) is 4.79. The van der Waals surface area contributed by atoms with Crippen LogP contribution in [0.5, 0.6) is 5.75 Å². The van der Waals surface area contributed by atoms with E-state index in [9.17, 15) is 4.79 Å². The van der Waals surface area contributed by atoms with Crippen LogP contribution in [0.15, 0.2) is 42.5 Å². The maximum atomic E-state index is 11.9. The fourth-order valence-electron chi connectivity index (χ4n) is 3.50. The van der Waals surface area contributed by atoms with Crippen molar-refractivity contribution in [2.75, 3.05) is 24.2 Å². The van der Waals surface area contributed by atoms with E-state index in [2.05, 4.69) is 28.2 Å². The first-order valence-electron chi connectivity index (χ1n) is 10.3. The largest absolute Gasteiger partial charge is 0.494 e. The number of nitrogens with one attached hydrogen (secondary N) is 2. The number of urea groups is 1. The third kappa shape index (κ3) is 4.47. The minimum Gasteiger partial charge on any atom is -0.494 e. The van der Waals surface area contributed by atoms with Gasteiger partial charge in [-0.1, -0.05) is 26.0 Å². The number of aryl methyl sites for hydroxylation is 1. The minimum atomic E-state index is -0.192. The van der Waals surface area contributed by atoms with Crippen LogP contribution in [-0.2, 0) is 6.54 Å². The first kappa shape index (κ1) is 20.6. The second-order valence-corrected chi connectivity index (χ2v) is 6.98. The molecule has 0 unspecified atom stereocenters. The fraction of sp³-hybridized carbons (Fsp3) is 0.348. The Morgan fingerprint density at radius 2 is 1.83 bits per heavy atom. The summed E-state index contributed by atoms with van der Waals surface area (Å²) >= 11 is 0. The van der Waals surface area contributed by atoms with Gasteiger partial charge in [0.2, 0.25) is 0 Å². The molecular formula is C23H30N4O2. The van der Waals surface area contributed by atoms with Gasteiger partial charge in [0.25, 0.3) is 0 Å². The molecule has 0 saturated carbocycles. The highest BCUT2D eigenvalue weighted by Crippen LogP contribution is 2.38. The molecule has 0 atom stereocenters. The molecule has 0 fully saturated rings. The monoisotopic (exact) mass is 394 g/mol. The molecule has 0 spiro atoms. The van der Waals surface area contributed by atoms with Crippen molar-refractivity contribution in [3.63, 3.8) is 0 Å². The van der Waals surface area contributed by atoms with Gasteiger partial charge in [-0.2, -0.15) is 0 Å². The Bertz CT molecular complexity index is 977. The Kier molecular flexibility index (Phi) is 6.65. The summed E-state index contributed by atoms with van der Waals surface area (Å²) in [5, 5.41) is 6.69. The van der Waals surface area contributed by atoms with Gasteiger partial charge in [-0.3, -0.25) is 0 Å². The number of fused-ring (bicyclic) bond motifs is 1. The SMILES string of the molecule is CCCNC(=O)Nc1ccc(-c2c(N)c3ccc(OCC)cc3n2CCC)cc1. The molecule has 29 heavy (non-hydrogen) atoms. The second kappa shape index (κ2) is 9.37. The van der Waals surface area contributed by atoms with Crippen LogP contribution in [0.3, 0.4) is 0 Å². The molecule has 154 valence electrons. The van der Waals surface area contributed by atoms with E-state index in [0.717, 1.165) is 58.7 Å². The number of nitrogens with two attached hydrogens (primary N) is 1. The van der Waals surface area contributed by atoms with Crippen molar-refractivity contribution in [3.8, 4) is 17.0 Å². The number of nitrogen functional groups attached to an aromatic ring is 1. The Hall–Kier alpha value is -3.15. The van der Waals surface area contributed by atoms with Crippen molar-refractivity contribution in [3.05, 3.63) is 42.5 Å². The molecule has 0 bridgehead atoms. The van der Waals surface area contributed by atoms with Crippen LogP contribution >= 0.6 is 0 Å². The number of amides is 2. The maximum absolute atomic E-state index is 11.9. The van der Waals surface area contributed by atoms with Crippen LogP contribution in [0.4, 0.5) is 16.2 Å². The minimum absolute atomic E-state index is 0.192. The molecule has 2 aromatic carbocycles. The molecule has 0 aliphatic rings. The van der Waals surface area contributed by atoms with Gasteiger partial charge in [-0.15, -0.1) is 0 Å². The summed E-state index contributed by atoms with van der Waals surface area (Å²) in [7, 11) is 0. The molecule has 4 N–H and O–H groups in total. The number of nitrogens with zero attached hydrogens (tertiary/aromatic N) is 1. The summed E-state index contributed by atoms with van der Waals surface area (Å²) in [6.45, 7) is 8.29. The topological polar surface area (TPSA) is 81.3 Å². The maximum Gasteiger partial charge on any atom is 0.319 e. The van der Waals surface area contributed by atoms with Crippen LogP contribution in [-0.4, -0.2) is 23.7 Å². The van der Waals surface area contributed by atoms with Crippen molar-refractivity contribution in [2.45, 2.75) is 40.2 Å². The Morgan fingerprint density at radius 1 is 1.07 bits per heavy atom. The van der Waals surface area contributed by atoms with Crippen molar-refractivity contribution < 1.29 is 9.53 Å². The average Bonchev–Trinajstić information content (AvgIpc) is 2.99. The molecule has 2 amide bonds. The van der Waals surface area contributed by atoms with E-state index < -0.39 is 0 Å². The van der Waals surface area contributed by atoms with E-state index in [4.69, 9.17) is 10.5 Å². The summed E-state index contributed by atoms with van der Waals surface area (Å²) in [4.78, 5) is 11.9. The van der Waals surface area contributed by atoms with E-state index in [-0.39, 0.29) is 6.03 Å². The normalized spacial score (nSPS) is 10.9. The predicted molar refractivity (Wildman–Crippen MR) is 121 cm³/mol. The summed E-state index contributed by atoms with van der Waals surface area (Å²) in [6.07, 6.45) is 1.89. The van der Waals surface area contributed by atoms with Gasteiger partial charge >= 0.3 is 6.03 Å². The predicted octanol–water partition coefficient (Wildman–Crippen LogP) is 5.23. The second-order valence-electron chi connectivity index (χ2n) is 6.98. The molecule has 6 nitrogen and oxygen atoms in total. The number of rotatable bonds is 8. The molecule has 0 aliphatic carbocycles. The summed E-state index contributed by atoms with van der Waals surface area (Å²) in [5.74, 6) is 0.846. The summed E-state index contributed by atoms with van der Waals surface area (Å²) in [5.41, 5.74) is 11.2. The highest BCUT2D eigenvalue weighted by atomic mass is 16.5. The quantitative estimate of drug-likeness (QED) is 0.489. The lowest BCUT2D eigenvalue weighted by Gasteiger charge is -2.12. The number of ether oxygens (including phenoxy) is 1. The number of benzene rings is 2. The van der Waals surface area contributed by atoms with Crippen LogP contribution in [0.1, 0.15) is 33.6 Å². The standard InChI is InChI=1S/C23H30N4O2/c1-4-13-25-23(28)26-17-9-7-16(8-10-17)22-21(24)19-12-11-18(29-6-3)15-20(19)27(22)14-5-2/h7-12,15H,4-6,13-14,24H2,1-3H3,(H2,25,26,28). The first-order valence-corrected chi connectivity index (χ1v) is 10.3. The molecule has 6 heteroatoms. The van der Waals surface area contributed by atoms with Gasteiger partial charge in [0.1, 0.15) is 5.75 Å². The van der Waals surface area contributed by atoms with E-state index in [0.29, 0.717) is 13.2 Å². The Balaban J connectivity index is 1.96. The molecule has 0 radical (unpaired) electrons. The number of hydrogen-bond acceptors (Lipinski definition) is 3. The zero-order valence-corrected chi connectivity index (χ0v) is 17.4. The van der Waals surface area contributed by atoms with Gasteiger partial charge in [0, 0.05) is 35.8 Å². The highest BCUT2D eigenvalue weighted by Gasteiger charge is 2.17. The highest BCUT2D eigenvalue weighted by molar-refractivity contribution is 6.01. The Labute approximate surface area is 172 Å². The summed E-state index contributed by atoms with van der Waals surface area (Å²) < 4.78 is 7.94. The third-order valence-corrected chi connectivity index (χ3v) is 4.79. The molecule has 0 saturated heterocycles. The van der Waals surface area contributed by atoms with E-state index in [1.807, 2.05) is 50.2 Å². The zero-order chi connectivity index (χ0) is 20.8. The zero-order valence-electron chi connectivity index (χ0n) is 17.4. The summed E-state index contributed by atoms with van der Waals surface area (Å²) in [6, 6.07) is 13.7. The first-order chi connectivity index (χ1) is 14.1. The number of hydrogen-bond donors (Lipinski definition) is 3. The van der Waals surface area contributed by atoms with E-state index in [1.165, 1.54) is 0 Å². The molecule has 0 aliphatic heterocycles. The molecule has 1 heterocycles. The molecule has 3 aromatic rings. The smallest absolute Gasteiger partial charge is 0.319 e. The van der Waals surface area contributed by atoms with Crippen molar-refractivity contribution >= 4 is 28.3 Å². The number of carbonyl (C=O) groups excluding carboxylic acids is 1. The van der Waals surface area contributed by atoms with Gasteiger partial charge < -0.3 is 25.7 Å². The average molecular weight is 395 g/mol. The van der Waals surface area contributed by atoms with Crippen LogP contribution in [0.25, 0.3) is 22.2 Å². The number of anilines is 2. The molecule has 1 aromatic heterocycles. The fourth-order valence-corrected chi connectivity index (χ4v) is 3.50. The van der Waals surface area contributed by atoms with Crippen LogP contribution < -0.4 is 21.1 Å². The Morgan fingerprint density at radius 3 is 2.48 bits per heavy atom. The van der Waals surface area contributed by atoms with Crippen LogP contribution in [0.2, 0.25) is 0 Å². The number of carbonyl (C=O) groups is 1. The lowest BCUT2D eigenvalue weighted by atomic mass is 10.1. The van der Waals surface area contributed by atoms with Gasteiger partial charge in [-0.25, -0.2) is 4.79 Å². The van der Waals surface area contributed by atoms with Gasteiger partial charge in [-0.05, 0) is 44.0 Å². The van der Waals surface area contributed by atoms with Crippen molar-refractivity contribution in [2.24, 2.45) is 0 Å². The van der Waals surface area contributed by atoms with E-state index in [1.54, 1.807) is 0 Å². The van der Waals surface area contributed by atoms with Gasteiger partial charge in [0.05, 0.1) is 23.5 Å². The van der Waals surface area contributed by atoms with E-state index >= 15 is 0 Å². The van der Waals surface area contributed by atoms with Crippen molar-refractivity contribution in [1.82, 2.24) is 9.88 Å². The molecule has 3 rings (SSSR count). The van der Waals surface area contributed by atoms with Crippen LogP contribution in [0, 0.1) is 0 Å². The van der Waals surface area contributed by atoms with Crippen molar-refractivity contribution in [1.29, 1.82) is 0 Å². The lowest BCUT2D eigenvalue weighted by molar-refractivity contribution is 0.252.